The summed E-state index contributed by atoms with van der Waals surface area (Å²) >= 11 is 0. The number of fused-ring (bicyclic) bond motifs is 1. The third kappa shape index (κ3) is 3.44. The van der Waals surface area contributed by atoms with Crippen molar-refractivity contribution >= 4 is 11.6 Å². The van der Waals surface area contributed by atoms with Crippen molar-refractivity contribution in [2.45, 2.75) is 31.4 Å². The van der Waals surface area contributed by atoms with Gasteiger partial charge in [0.15, 0.2) is 0 Å². The second-order valence-corrected chi connectivity index (χ2v) is 5.94. The number of carbonyl (C=O) groups is 1. The number of nitro benzene ring substituents is 1. The van der Waals surface area contributed by atoms with Gasteiger partial charge in [-0.15, -0.1) is 0 Å². The maximum atomic E-state index is 12.2. The zero-order chi connectivity index (χ0) is 17.1. The molecule has 2 aromatic carbocycles. The van der Waals surface area contributed by atoms with Crippen LogP contribution in [-0.4, -0.2) is 22.0 Å². The molecule has 1 aliphatic rings. The largest absolute Gasteiger partial charge is 0.390 e. The molecule has 0 bridgehead atoms. The Hall–Kier alpha value is -2.73. The average molecular weight is 326 g/mol. The molecule has 0 heterocycles. The van der Waals surface area contributed by atoms with Crippen LogP contribution in [0.15, 0.2) is 48.5 Å². The van der Waals surface area contributed by atoms with Gasteiger partial charge in [-0.2, -0.15) is 0 Å². The number of hydrogen-bond donors (Lipinski definition) is 2. The predicted octanol–water partition coefficient (Wildman–Crippen LogP) is 2.30. The predicted molar refractivity (Wildman–Crippen MR) is 88.5 cm³/mol. The lowest BCUT2D eigenvalue weighted by atomic mass is 10.1. The van der Waals surface area contributed by atoms with Crippen LogP contribution in [0.2, 0.25) is 0 Å². The molecular formula is C18H18N2O4. The highest BCUT2D eigenvalue weighted by Gasteiger charge is 2.31. The van der Waals surface area contributed by atoms with Gasteiger partial charge in [0, 0.05) is 25.0 Å². The van der Waals surface area contributed by atoms with E-state index in [1.807, 2.05) is 24.3 Å². The van der Waals surface area contributed by atoms with E-state index in [0.717, 1.165) is 16.7 Å². The molecule has 24 heavy (non-hydrogen) atoms. The lowest BCUT2D eigenvalue weighted by Gasteiger charge is -2.18. The summed E-state index contributed by atoms with van der Waals surface area (Å²) in [5, 5.41) is 23.8. The van der Waals surface area contributed by atoms with Crippen molar-refractivity contribution in [3.8, 4) is 0 Å². The monoisotopic (exact) mass is 326 g/mol. The van der Waals surface area contributed by atoms with Gasteiger partial charge in [0.05, 0.1) is 17.1 Å². The first-order valence-electron chi connectivity index (χ1n) is 7.83. The van der Waals surface area contributed by atoms with Crippen molar-refractivity contribution in [1.82, 2.24) is 5.32 Å². The molecule has 1 amide bonds. The lowest BCUT2D eigenvalue weighted by Crippen LogP contribution is -2.33. The Bertz CT molecular complexity index is 775. The van der Waals surface area contributed by atoms with Gasteiger partial charge in [-0.3, -0.25) is 14.9 Å². The quantitative estimate of drug-likeness (QED) is 0.651. The van der Waals surface area contributed by atoms with Crippen LogP contribution in [0.3, 0.4) is 0 Å². The highest BCUT2D eigenvalue weighted by molar-refractivity contribution is 5.77. The highest BCUT2D eigenvalue weighted by Crippen LogP contribution is 2.31. The molecule has 6 heteroatoms. The number of non-ortho nitro benzene ring substituents is 1. The molecule has 3 rings (SSSR count). The van der Waals surface area contributed by atoms with Gasteiger partial charge in [0.1, 0.15) is 0 Å². The third-order valence-electron chi connectivity index (χ3n) is 4.28. The highest BCUT2D eigenvalue weighted by atomic mass is 16.6. The van der Waals surface area contributed by atoms with Crippen molar-refractivity contribution in [3.05, 3.63) is 75.3 Å². The molecule has 2 N–H and O–H groups in total. The first kappa shape index (κ1) is 16.1. The van der Waals surface area contributed by atoms with Crippen LogP contribution in [0.4, 0.5) is 5.69 Å². The van der Waals surface area contributed by atoms with Crippen LogP contribution in [0.25, 0.3) is 0 Å². The Morgan fingerprint density at radius 1 is 1.25 bits per heavy atom. The summed E-state index contributed by atoms with van der Waals surface area (Å²) < 4.78 is 0. The average Bonchev–Trinajstić information content (AvgIpc) is 2.89. The SMILES string of the molecule is O=C(CCc1cccc([N+](=O)[O-])c1)NC1c2ccccc2CC1O. The Labute approximate surface area is 139 Å². The molecule has 6 nitrogen and oxygen atoms in total. The van der Waals surface area contributed by atoms with Gasteiger partial charge >= 0.3 is 0 Å². The summed E-state index contributed by atoms with van der Waals surface area (Å²) in [6, 6.07) is 13.6. The van der Waals surface area contributed by atoms with Gasteiger partial charge in [0.2, 0.25) is 5.91 Å². The minimum atomic E-state index is -0.621. The fraction of sp³-hybridized carbons (Fsp3) is 0.278. The lowest BCUT2D eigenvalue weighted by molar-refractivity contribution is -0.384. The number of nitrogens with zero attached hydrogens (tertiary/aromatic N) is 1. The van der Waals surface area contributed by atoms with Crippen molar-refractivity contribution < 1.29 is 14.8 Å². The van der Waals surface area contributed by atoms with E-state index in [4.69, 9.17) is 0 Å². The van der Waals surface area contributed by atoms with Gasteiger partial charge in [-0.1, -0.05) is 36.4 Å². The van der Waals surface area contributed by atoms with E-state index in [1.165, 1.54) is 12.1 Å². The van der Waals surface area contributed by atoms with Crippen molar-refractivity contribution in [1.29, 1.82) is 0 Å². The minimum Gasteiger partial charge on any atom is -0.390 e. The van der Waals surface area contributed by atoms with Crippen molar-refractivity contribution in [3.63, 3.8) is 0 Å². The molecule has 124 valence electrons. The van der Waals surface area contributed by atoms with Crippen LogP contribution < -0.4 is 5.32 Å². The van der Waals surface area contributed by atoms with Gasteiger partial charge in [-0.05, 0) is 23.1 Å². The Balaban J connectivity index is 1.60. The molecule has 0 aliphatic heterocycles. The number of rotatable bonds is 5. The molecule has 2 atom stereocenters. The standard InChI is InChI=1S/C18H18N2O4/c21-16-11-13-5-1-2-7-15(13)18(16)19-17(22)9-8-12-4-3-6-14(10-12)20(23)24/h1-7,10,16,18,21H,8-9,11H2,(H,19,22). The van der Waals surface area contributed by atoms with Crippen LogP contribution in [0.1, 0.15) is 29.2 Å². The number of nitrogens with one attached hydrogen (secondary N) is 1. The zero-order valence-corrected chi connectivity index (χ0v) is 13.0. The maximum Gasteiger partial charge on any atom is 0.269 e. The van der Waals surface area contributed by atoms with E-state index in [-0.39, 0.29) is 24.1 Å². The topological polar surface area (TPSA) is 92.5 Å². The number of amides is 1. The van der Waals surface area contributed by atoms with E-state index in [0.29, 0.717) is 12.8 Å². The third-order valence-corrected chi connectivity index (χ3v) is 4.28. The number of benzene rings is 2. The molecular weight excluding hydrogens is 308 g/mol. The van der Waals surface area contributed by atoms with Gasteiger partial charge in [-0.25, -0.2) is 0 Å². The van der Waals surface area contributed by atoms with Crippen LogP contribution in [0, 0.1) is 10.1 Å². The summed E-state index contributed by atoms with van der Waals surface area (Å²) in [6.45, 7) is 0. The molecule has 1 aliphatic carbocycles. The number of hydrogen-bond acceptors (Lipinski definition) is 4. The second kappa shape index (κ2) is 6.80. The van der Waals surface area contributed by atoms with E-state index < -0.39 is 11.0 Å². The fourth-order valence-corrected chi connectivity index (χ4v) is 3.08. The maximum absolute atomic E-state index is 12.2. The summed E-state index contributed by atoms with van der Waals surface area (Å²) in [5.74, 6) is -0.178. The Morgan fingerprint density at radius 3 is 2.83 bits per heavy atom. The van der Waals surface area contributed by atoms with E-state index in [9.17, 15) is 20.0 Å². The summed E-state index contributed by atoms with van der Waals surface area (Å²) in [7, 11) is 0. The Kier molecular flexibility index (Phi) is 4.57. The van der Waals surface area contributed by atoms with Gasteiger partial charge < -0.3 is 10.4 Å². The smallest absolute Gasteiger partial charge is 0.269 e. The molecule has 0 radical (unpaired) electrons. The van der Waals surface area contributed by atoms with Crippen LogP contribution in [-0.2, 0) is 17.6 Å². The molecule has 0 spiro atoms. The number of aliphatic hydroxyl groups is 1. The zero-order valence-electron chi connectivity index (χ0n) is 13.0. The van der Waals surface area contributed by atoms with Crippen LogP contribution >= 0.6 is 0 Å². The molecule has 0 saturated carbocycles. The summed E-state index contributed by atoms with van der Waals surface area (Å²) in [6.07, 6.45) is 0.542. The molecule has 2 unspecified atom stereocenters. The first-order chi connectivity index (χ1) is 11.5. The number of aryl methyl sites for hydroxylation is 1. The van der Waals surface area contributed by atoms with Gasteiger partial charge in [0.25, 0.3) is 5.69 Å². The Morgan fingerprint density at radius 2 is 2.04 bits per heavy atom. The van der Waals surface area contributed by atoms with Crippen molar-refractivity contribution in [2.75, 3.05) is 0 Å². The summed E-state index contributed by atoms with van der Waals surface area (Å²) in [5.41, 5.74) is 2.77. The molecule has 0 fully saturated rings. The normalized spacial score (nSPS) is 18.9. The molecule has 0 saturated heterocycles. The molecule has 0 aromatic heterocycles. The first-order valence-corrected chi connectivity index (χ1v) is 7.83. The number of nitro groups is 1. The van der Waals surface area contributed by atoms with E-state index in [1.54, 1.807) is 12.1 Å². The molecule has 2 aromatic rings. The number of carbonyl (C=O) groups excluding carboxylic acids is 1. The fourth-order valence-electron chi connectivity index (χ4n) is 3.08. The minimum absolute atomic E-state index is 0.0213. The van der Waals surface area contributed by atoms with E-state index in [2.05, 4.69) is 5.32 Å². The van der Waals surface area contributed by atoms with E-state index >= 15 is 0 Å². The number of aliphatic hydroxyl groups excluding tert-OH is 1. The van der Waals surface area contributed by atoms with Crippen molar-refractivity contribution in [2.24, 2.45) is 0 Å². The second-order valence-electron chi connectivity index (χ2n) is 5.94. The van der Waals surface area contributed by atoms with Crippen LogP contribution in [0.5, 0.6) is 0 Å². The summed E-state index contributed by atoms with van der Waals surface area (Å²) in [4.78, 5) is 22.5.